The lowest BCUT2D eigenvalue weighted by Crippen LogP contribution is -2.40. The van der Waals surface area contributed by atoms with E-state index in [0.717, 1.165) is 5.56 Å². The molecule has 5 aromatic rings. The Bertz CT molecular complexity index is 2280. The van der Waals surface area contributed by atoms with E-state index < -0.39 is 12.0 Å². The average Bonchev–Trinajstić information content (AvgIpc) is 3.44. The summed E-state index contributed by atoms with van der Waals surface area (Å²) in [6.07, 6.45) is 1.71. The molecule has 4 aromatic carbocycles. The maximum absolute atomic E-state index is 14.4. The van der Waals surface area contributed by atoms with E-state index in [4.69, 9.17) is 51.9 Å². The monoisotopic (exact) mass is 730 g/mol. The molecule has 1 aromatic heterocycles. The summed E-state index contributed by atoms with van der Waals surface area (Å²) in [5.74, 6) is 1.09. The van der Waals surface area contributed by atoms with Crippen molar-refractivity contribution >= 4 is 52.3 Å². The van der Waals surface area contributed by atoms with Gasteiger partial charge in [0.05, 0.1) is 54.8 Å². The van der Waals surface area contributed by atoms with Crippen molar-refractivity contribution in [2.24, 2.45) is 4.99 Å². The van der Waals surface area contributed by atoms with E-state index in [1.807, 2.05) is 48.5 Å². The van der Waals surface area contributed by atoms with E-state index in [1.54, 1.807) is 49.4 Å². The van der Waals surface area contributed by atoms with Gasteiger partial charge in [0.25, 0.3) is 5.56 Å². The third-order valence-electron chi connectivity index (χ3n) is 7.92. The number of carbonyl (C=O) groups is 1. The van der Waals surface area contributed by atoms with Gasteiger partial charge >= 0.3 is 5.97 Å². The molecule has 50 heavy (non-hydrogen) atoms. The molecule has 2 heterocycles. The van der Waals surface area contributed by atoms with Crippen LogP contribution in [-0.4, -0.2) is 38.5 Å². The predicted octanol–water partition coefficient (Wildman–Crippen LogP) is 6.85. The molecule has 1 aliphatic heterocycles. The first-order valence-corrected chi connectivity index (χ1v) is 17.1. The second-order valence-corrected chi connectivity index (χ2v) is 12.9. The van der Waals surface area contributed by atoms with Crippen molar-refractivity contribution in [1.82, 2.24) is 4.57 Å². The number of nitrogens with zero attached hydrogens (tertiary/aromatic N) is 2. The van der Waals surface area contributed by atoms with Crippen molar-refractivity contribution in [2.75, 3.05) is 27.9 Å². The molecule has 1 atom stereocenters. The van der Waals surface area contributed by atoms with E-state index in [-0.39, 0.29) is 24.3 Å². The third kappa shape index (κ3) is 7.00. The van der Waals surface area contributed by atoms with Crippen LogP contribution in [0.1, 0.15) is 35.2 Å². The van der Waals surface area contributed by atoms with E-state index in [2.05, 4.69) is 0 Å². The molecule has 0 saturated heterocycles. The number of halogens is 2. The molecule has 0 amide bonds. The lowest BCUT2D eigenvalue weighted by atomic mass is 9.93. The fourth-order valence-corrected chi connectivity index (χ4v) is 7.16. The SMILES string of the molecule is CCOC(=O)C1=C(c2ccccc2)N=c2s/c(=C\c3cc(Cl)c(OCc4cccc(Cl)c4)c(OC)c3)c(=O)n2[C@@H]1c1ccc(OC)c(OC)c1. The van der Waals surface area contributed by atoms with Gasteiger partial charge < -0.3 is 23.7 Å². The second-order valence-electron chi connectivity index (χ2n) is 11.0. The molecule has 0 N–H and O–H groups in total. The molecular weight excluding hydrogens is 699 g/mol. The molecule has 0 saturated carbocycles. The summed E-state index contributed by atoms with van der Waals surface area (Å²) in [5, 5.41) is 0.893. The highest BCUT2D eigenvalue weighted by molar-refractivity contribution is 7.07. The number of rotatable bonds is 11. The molecule has 1 aliphatic rings. The Hall–Kier alpha value is -5.03. The minimum absolute atomic E-state index is 0.134. The number of methoxy groups -OCH3 is 3. The second kappa shape index (κ2) is 15.2. The van der Waals surface area contributed by atoms with Gasteiger partial charge in [-0.1, -0.05) is 83.1 Å². The summed E-state index contributed by atoms with van der Waals surface area (Å²) >= 11 is 14.0. The number of aromatic nitrogens is 1. The Morgan fingerprint density at radius 3 is 2.36 bits per heavy atom. The fourth-order valence-electron chi connectivity index (χ4n) is 5.68. The van der Waals surface area contributed by atoms with Crippen LogP contribution in [0.4, 0.5) is 0 Å². The van der Waals surface area contributed by atoms with E-state index in [0.29, 0.717) is 64.8 Å². The summed E-state index contributed by atoms with van der Waals surface area (Å²) in [5.41, 5.74) is 3.03. The van der Waals surface area contributed by atoms with Crippen LogP contribution < -0.4 is 33.8 Å². The first kappa shape index (κ1) is 34.8. The van der Waals surface area contributed by atoms with Gasteiger partial charge in [0, 0.05) is 10.6 Å². The molecule has 9 nitrogen and oxygen atoms in total. The van der Waals surface area contributed by atoms with E-state index in [9.17, 15) is 9.59 Å². The van der Waals surface area contributed by atoms with E-state index >= 15 is 0 Å². The summed E-state index contributed by atoms with van der Waals surface area (Å²) < 4.78 is 30.2. The van der Waals surface area contributed by atoms with Crippen molar-refractivity contribution in [3.63, 3.8) is 0 Å². The number of thiazole rings is 1. The van der Waals surface area contributed by atoms with Gasteiger partial charge in [-0.25, -0.2) is 9.79 Å². The third-order valence-corrected chi connectivity index (χ3v) is 9.42. The summed E-state index contributed by atoms with van der Waals surface area (Å²) in [4.78, 5) is 33.5. The molecule has 6 rings (SSSR count). The van der Waals surface area contributed by atoms with Gasteiger partial charge in [-0.2, -0.15) is 0 Å². The summed E-state index contributed by atoms with van der Waals surface area (Å²) in [7, 11) is 4.58. The Labute approximate surface area is 302 Å². The average molecular weight is 732 g/mol. The van der Waals surface area contributed by atoms with Crippen LogP contribution in [0.5, 0.6) is 23.0 Å². The highest BCUT2D eigenvalue weighted by atomic mass is 35.5. The molecule has 0 radical (unpaired) electrons. The van der Waals surface area contributed by atoms with Gasteiger partial charge in [-0.05, 0) is 66.1 Å². The number of ether oxygens (including phenoxy) is 5. The van der Waals surface area contributed by atoms with Crippen molar-refractivity contribution in [3.8, 4) is 23.0 Å². The molecule has 0 unspecified atom stereocenters. The van der Waals surface area contributed by atoms with Gasteiger partial charge in [0.15, 0.2) is 27.8 Å². The minimum Gasteiger partial charge on any atom is -0.493 e. The zero-order chi connectivity index (χ0) is 35.4. The number of esters is 1. The normalized spacial score (nSPS) is 14.1. The van der Waals surface area contributed by atoms with Gasteiger partial charge in [0.1, 0.15) is 6.61 Å². The van der Waals surface area contributed by atoms with Crippen molar-refractivity contribution in [2.45, 2.75) is 19.6 Å². The number of benzene rings is 4. The van der Waals surface area contributed by atoms with Crippen molar-refractivity contribution in [1.29, 1.82) is 0 Å². The predicted molar refractivity (Wildman–Crippen MR) is 194 cm³/mol. The molecule has 0 bridgehead atoms. The molecule has 0 fully saturated rings. The lowest BCUT2D eigenvalue weighted by Gasteiger charge is -2.26. The quantitative estimate of drug-likeness (QED) is 0.137. The standard InChI is InChI=1S/C38H32Cl2N2O7S/c1-5-48-37(44)32-33(24-11-7-6-8-12-24)41-38-42(34(32)25-14-15-28(45-2)29(20-25)46-3)36(43)31(50-38)19-23-17-27(40)35(30(18-23)47-4)49-21-22-10-9-13-26(39)16-22/h6-20,34H,5,21H2,1-4H3/b31-19-/t34-/m1/s1. The molecule has 0 aliphatic carbocycles. The zero-order valence-electron chi connectivity index (χ0n) is 27.6. The number of fused-ring (bicyclic) bond motifs is 1. The topological polar surface area (TPSA) is 97.6 Å². The molecular formula is C38H32Cl2N2O7S. The highest BCUT2D eigenvalue weighted by Gasteiger charge is 2.35. The Morgan fingerprint density at radius 1 is 0.900 bits per heavy atom. The largest absolute Gasteiger partial charge is 0.493 e. The van der Waals surface area contributed by atoms with Crippen molar-refractivity contribution in [3.05, 3.63) is 142 Å². The molecule has 256 valence electrons. The van der Waals surface area contributed by atoms with Gasteiger partial charge in [0.2, 0.25) is 0 Å². The smallest absolute Gasteiger partial charge is 0.338 e. The number of carbonyl (C=O) groups excluding carboxylic acids is 1. The Morgan fingerprint density at radius 2 is 1.66 bits per heavy atom. The van der Waals surface area contributed by atoms with Crippen LogP contribution in [0.3, 0.4) is 0 Å². The minimum atomic E-state index is -0.900. The van der Waals surface area contributed by atoms with Crippen LogP contribution in [0.2, 0.25) is 10.0 Å². The maximum atomic E-state index is 14.4. The first-order chi connectivity index (χ1) is 24.3. The molecule has 0 spiro atoms. The van der Waals surface area contributed by atoms with Gasteiger partial charge in [-0.15, -0.1) is 0 Å². The van der Waals surface area contributed by atoms with Crippen LogP contribution in [0, 0.1) is 0 Å². The Balaban J connectivity index is 1.52. The maximum Gasteiger partial charge on any atom is 0.338 e. The van der Waals surface area contributed by atoms with Gasteiger partial charge in [-0.3, -0.25) is 9.36 Å². The number of hydrogen-bond donors (Lipinski definition) is 0. The first-order valence-electron chi connectivity index (χ1n) is 15.5. The van der Waals surface area contributed by atoms with Crippen molar-refractivity contribution < 1.29 is 28.5 Å². The Kier molecular flexibility index (Phi) is 10.6. The highest BCUT2D eigenvalue weighted by Crippen LogP contribution is 2.39. The summed E-state index contributed by atoms with van der Waals surface area (Å²) in [6, 6.07) is 24.5. The zero-order valence-corrected chi connectivity index (χ0v) is 29.9. The van der Waals surface area contributed by atoms with E-state index in [1.165, 1.54) is 37.2 Å². The fraction of sp³-hybridized carbons (Fsp3) is 0.184. The van der Waals surface area contributed by atoms with Crippen LogP contribution in [0.15, 0.2) is 100 Å². The van der Waals surface area contributed by atoms with Crippen LogP contribution >= 0.6 is 34.5 Å². The van der Waals surface area contributed by atoms with Crippen LogP contribution in [-0.2, 0) is 16.1 Å². The number of hydrogen-bond acceptors (Lipinski definition) is 9. The lowest BCUT2D eigenvalue weighted by molar-refractivity contribution is -0.138. The van der Waals surface area contributed by atoms with Crippen LogP contribution in [0.25, 0.3) is 11.8 Å². The molecule has 12 heteroatoms. The summed E-state index contributed by atoms with van der Waals surface area (Å²) in [6.45, 7) is 2.08.